The molecule has 1 aromatic heterocycles. The van der Waals surface area contributed by atoms with Crippen LogP contribution in [0.4, 0.5) is 5.69 Å². The first kappa shape index (κ1) is 17.1. The number of anilines is 1. The first-order valence-corrected chi connectivity index (χ1v) is 7.82. The van der Waals surface area contributed by atoms with Crippen LogP contribution in [-0.4, -0.2) is 28.4 Å². The van der Waals surface area contributed by atoms with Gasteiger partial charge in [0.15, 0.2) is 12.3 Å². The summed E-state index contributed by atoms with van der Waals surface area (Å²) in [6.07, 6.45) is 2.67. The molecule has 0 aliphatic rings. The van der Waals surface area contributed by atoms with E-state index < -0.39 is 11.8 Å². The Morgan fingerprint density at radius 1 is 0.923 bits per heavy atom. The van der Waals surface area contributed by atoms with Crippen molar-refractivity contribution in [2.45, 2.75) is 0 Å². The average Bonchev–Trinajstić information content (AvgIpc) is 2.68. The summed E-state index contributed by atoms with van der Waals surface area (Å²) in [5.41, 5.74) is 7.84. The fourth-order valence-electron chi connectivity index (χ4n) is 2.31. The summed E-state index contributed by atoms with van der Waals surface area (Å²) in [7, 11) is 0. The molecule has 3 rings (SSSR count). The number of aromatic nitrogens is 2. The molecule has 3 N–H and O–H groups in total. The summed E-state index contributed by atoms with van der Waals surface area (Å²) in [4.78, 5) is 30.9. The van der Waals surface area contributed by atoms with E-state index in [0.29, 0.717) is 5.69 Å². The predicted octanol–water partition coefficient (Wildman–Crippen LogP) is 2.26. The number of ether oxygens (including phenoxy) is 1. The van der Waals surface area contributed by atoms with Gasteiger partial charge in [-0.1, -0.05) is 42.5 Å². The van der Waals surface area contributed by atoms with Gasteiger partial charge in [-0.3, -0.25) is 9.59 Å². The first-order chi connectivity index (χ1) is 12.6. The highest BCUT2D eigenvalue weighted by Gasteiger charge is 2.13. The fraction of sp³-hybridized carbons (Fsp3) is 0.0526. The number of nitrogens with two attached hydrogens (primary N) is 1. The molecule has 130 valence electrons. The minimum atomic E-state index is -0.773. The van der Waals surface area contributed by atoms with Crippen LogP contribution < -0.4 is 15.8 Å². The van der Waals surface area contributed by atoms with Gasteiger partial charge in [0.1, 0.15) is 0 Å². The number of nitrogens with zero attached hydrogens (tertiary/aromatic N) is 2. The van der Waals surface area contributed by atoms with Crippen molar-refractivity contribution in [2.24, 2.45) is 5.73 Å². The molecule has 7 nitrogen and oxygen atoms in total. The molecule has 2 aromatic carbocycles. The predicted molar refractivity (Wildman–Crippen MR) is 96.6 cm³/mol. The summed E-state index contributed by atoms with van der Waals surface area (Å²) in [6.45, 7) is -0.320. The maximum Gasteiger partial charge on any atom is 0.272 e. The van der Waals surface area contributed by atoms with Gasteiger partial charge in [-0.2, -0.15) is 0 Å². The molecule has 7 heteroatoms. The summed E-state index contributed by atoms with van der Waals surface area (Å²) >= 11 is 0. The smallest absolute Gasteiger partial charge is 0.272 e. The van der Waals surface area contributed by atoms with Gasteiger partial charge in [-0.05, 0) is 23.3 Å². The van der Waals surface area contributed by atoms with Crippen LogP contribution in [0.5, 0.6) is 5.88 Å². The Morgan fingerprint density at radius 3 is 2.27 bits per heavy atom. The van der Waals surface area contributed by atoms with Crippen molar-refractivity contribution in [3.05, 3.63) is 72.7 Å². The summed E-state index contributed by atoms with van der Waals surface area (Å²) in [6, 6.07) is 17.4. The van der Waals surface area contributed by atoms with Gasteiger partial charge in [-0.15, -0.1) is 0 Å². The van der Waals surface area contributed by atoms with Crippen molar-refractivity contribution < 1.29 is 14.3 Å². The van der Waals surface area contributed by atoms with Crippen LogP contribution >= 0.6 is 0 Å². The fourth-order valence-corrected chi connectivity index (χ4v) is 2.31. The quantitative estimate of drug-likeness (QED) is 0.710. The summed E-state index contributed by atoms with van der Waals surface area (Å²) in [5, 5.41) is 2.71. The molecule has 0 saturated carbocycles. The minimum Gasteiger partial charge on any atom is -0.466 e. The Balaban J connectivity index is 1.60. The van der Waals surface area contributed by atoms with Gasteiger partial charge in [-0.25, -0.2) is 9.97 Å². The van der Waals surface area contributed by atoms with Crippen LogP contribution in [0.1, 0.15) is 10.5 Å². The van der Waals surface area contributed by atoms with E-state index in [-0.39, 0.29) is 18.2 Å². The molecule has 0 fully saturated rings. The molecule has 2 amide bonds. The molecule has 0 bridgehead atoms. The van der Waals surface area contributed by atoms with Crippen molar-refractivity contribution >= 4 is 17.5 Å². The average molecular weight is 348 g/mol. The molecule has 26 heavy (non-hydrogen) atoms. The third kappa shape index (κ3) is 4.21. The second-order valence-electron chi connectivity index (χ2n) is 5.35. The number of rotatable bonds is 6. The summed E-state index contributed by atoms with van der Waals surface area (Å²) in [5.74, 6) is -1.24. The van der Waals surface area contributed by atoms with Crippen molar-refractivity contribution in [3.63, 3.8) is 0 Å². The highest BCUT2D eigenvalue weighted by Crippen LogP contribution is 2.21. The number of amides is 2. The Kier molecular flexibility index (Phi) is 5.19. The molecule has 0 atom stereocenters. The van der Waals surface area contributed by atoms with E-state index in [1.807, 2.05) is 42.5 Å². The second kappa shape index (κ2) is 7.89. The third-order valence-corrected chi connectivity index (χ3v) is 3.51. The van der Waals surface area contributed by atoms with E-state index in [1.165, 1.54) is 12.4 Å². The minimum absolute atomic E-state index is 0.0745. The van der Waals surface area contributed by atoms with E-state index in [2.05, 4.69) is 15.3 Å². The van der Waals surface area contributed by atoms with Gasteiger partial charge >= 0.3 is 0 Å². The number of carbonyl (C=O) groups is 2. The van der Waals surface area contributed by atoms with E-state index in [4.69, 9.17) is 10.5 Å². The zero-order valence-corrected chi connectivity index (χ0v) is 13.8. The number of hydrogen-bond acceptors (Lipinski definition) is 5. The van der Waals surface area contributed by atoms with Gasteiger partial charge in [0.05, 0.1) is 0 Å². The molecular weight excluding hydrogens is 332 g/mol. The van der Waals surface area contributed by atoms with Gasteiger partial charge in [0.25, 0.3) is 11.8 Å². The number of benzene rings is 2. The molecule has 0 radical (unpaired) electrons. The third-order valence-electron chi connectivity index (χ3n) is 3.51. The molecule has 3 aromatic rings. The van der Waals surface area contributed by atoms with E-state index >= 15 is 0 Å². The van der Waals surface area contributed by atoms with Crippen molar-refractivity contribution in [2.75, 3.05) is 11.9 Å². The Hall–Kier alpha value is -3.74. The highest BCUT2D eigenvalue weighted by atomic mass is 16.5. The SMILES string of the molecule is NC(=O)c1nccnc1OCC(=O)Nc1ccc(-c2ccccc2)cc1. The van der Waals surface area contributed by atoms with Crippen LogP contribution in [-0.2, 0) is 4.79 Å². The lowest BCUT2D eigenvalue weighted by Gasteiger charge is -2.09. The standard InChI is InChI=1S/C19H16N4O3/c20-18(25)17-19(22-11-10-21-17)26-12-16(24)23-15-8-6-14(7-9-15)13-4-2-1-3-5-13/h1-11H,12H2,(H2,20,25)(H,23,24). The van der Waals surface area contributed by atoms with Crippen LogP contribution in [0.3, 0.4) is 0 Å². The van der Waals surface area contributed by atoms with Crippen molar-refractivity contribution in [3.8, 4) is 17.0 Å². The topological polar surface area (TPSA) is 107 Å². The lowest BCUT2D eigenvalue weighted by molar-refractivity contribution is -0.118. The lowest BCUT2D eigenvalue weighted by Crippen LogP contribution is -2.22. The van der Waals surface area contributed by atoms with Gasteiger partial charge < -0.3 is 15.8 Å². The maximum absolute atomic E-state index is 12.0. The van der Waals surface area contributed by atoms with E-state index in [9.17, 15) is 9.59 Å². The van der Waals surface area contributed by atoms with E-state index in [1.54, 1.807) is 12.1 Å². The van der Waals surface area contributed by atoms with Crippen molar-refractivity contribution in [1.82, 2.24) is 9.97 Å². The molecule has 0 aliphatic heterocycles. The molecule has 0 spiro atoms. The van der Waals surface area contributed by atoms with Crippen LogP contribution in [0.25, 0.3) is 11.1 Å². The van der Waals surface area contributed by atoms with E-state index in [0.717, 1.165) is 11.1 Å². The molecule has 0 unspecified atom stereocenters. The Morgan fingerprint density at radius 2 is 1.58 bits per heavy atom. The maximum atomic E-state index is 12.0. The zero-order valence-electron chi connectivity index (χ0n) is 13.8. The zero-order chi connectivity index (χ0) is 18.4. The van der Waals surface area contributed by atoms with Gasteiger partial charge in [0.2, 0.25) is 5.88 Å². The second-order valence-corrected chi connectivity index (χ2v) is 5.35. The van der Waals surface area contributed by atoms with Gasteiger partial charge in [0, 0.05) is 18.1 Å². The largest absolute Gasteiger partial charge is 0.466 e. The number of nitrogens with one attached hydrogen (secondary N) is 1. The lowest BCUT2D eigenvalue weighted by atomic mass is 10.1. The molecule has 1 heterocycles. The van der Waals surface area contributed by atoms with Crippen molar-refractivity contribution in [1.29, 1.82) is 0 Å². The number of primary amides is 1. The first-order valence-electron chi connectivity index (χ1n) is 7.82. The summed E-state index contributed by atoms with van der Waals surface area (Å²) < 4.78 is 5.24. The molecular formula is C19H16N4O3. The Bertz CT molecular complexity index is 912. The Labute approximate surface area is 149 Å². The molecule has 0 aliphatic carbocycles. The monoisotopic (exact) mass is 348 g/mol. The molecule has 0 saturated heterocycles. The number of hydrogen-bond donors (Lipinski definition) is 2. The van der Waals surface area contributed by atoms with Crippen LogP contribution in [0, 0.1) is 0 Å². The number of carbonyl (C=O) groups excluding carboxylic acids is 2. The highest BCUT2D eigenvalue weighted by molar-refractivity contribution is 5.94. The van der Waals surface area contributed by atoms with Crippen LogP contribution in [0.2, 0.25) is 0 Å². The normalized spacial score (nSPS) is 10.2. The van der Waals surface area contributed by atoms with Crippen LogP contribution in [0.15, 0.2) is 67.0 Å².